The first-order chi connectivity index (χ1) is 7.42. The Morgan fingerprint density at radius 3 is 2.50 bits per heavy atom. The van der Waals surface area contributed by atoms with E-state index in [1.807, 2.05) is 0 Å². The van der Waals surface area contributed by atoms with E-state index < -0.39 is 0 Å². The third-order valence-electron chi connectivity index (χ3n) is 3.33. The average Bonchev–Trinajstić information content (AvgIpc) is 2.67. The molecule has 1 fully saturated rings. The largest absolute Gasteiger partial charge is 0.378 e. The molecule has 2 unspecified atom stereocenters. The molecule has 16 heavy (non-hydrogen) atoms. The summed E-state index contributed by atoms with van der Waals surface area (Å²) in [6.07, 6.45) is 4.28. The summed E-state index contributed by atoms with van der Waals surface area (Å²) in [6, 6.07) is 0. The van der Waals surface area contributed by atoms with Gasteiger partial charge in [0.2, 0.25) is 0 Å². The summed E-state index contributed by atoms with van der Waals surface area (Å²) in [5.41, 5.74) is 0.243. The van der Waals surface area contributed by atoms with Gasteiger partial charge in [0.15, 0.2) is 0 Å². The van der Waals surface area contributed by atoms with Crippen molar-refractivity contribution >= 4 is 0 Å². The second-order valence-corrected chi connectivity index (χ2v) is 6.23. The predicted molar refractivity (Wildman–Crippen MR) is 67.6 cm³/mol. The molecule has 1 heterocycles. The average molecular weight is 228 g/mol. The SMILES string of the molecule is CC(C)COC(C)CC(C)(C)C1CCCO1. The number of hydrogen-bond donors (Lipinski definition) is 0. The third-order valence-corrected chi connectivity index (χ3v) is 3.33. The van der Waals surface area contributed by atoms with Crippen LogP contribution in [0.2, 0.25) is 0 Å². The van der Waals surface area contributed by atoms with Gasteiger partial charge in [0.05, 0.1) is 12.2 Å². The smallest absolute Gasteiger partial charge is 0.0627 e. The summed E-state index contributed by atoms with van der Waals surface area (Å²) in [7, 11) is 0. The van der Waals surface area contributed by atoms with E-state index in [0.717, 1.165) is 19.6 Å². The first-order valence-electron chi connectivity index (χ1n) is 6.65. The lowest BCUT2D eigenvalue weighted by atomic mass is 9.80. The third kappa shape index (κ3) is 4.42. The van der Waals surface area contributed by atoms with Crippen LogP contribution in [0.25, 0.3) is 0 Å². The lowest BCUT2D eigenvalue weighted by Gasteiger charge is -2.33. The minimum absolute atomic E-state index is 0.243. The van der Waals surface area contributed by atoms with Crippen molar-refractivity contribution < 1.29 is 9.47 Å². The molecular weight excluding hydrogens is 200 g/mol. The molecule has 0 saturated carbocycles. The minimum atomic E-state index is 0.243. The van der Waals surface area contributed by atoms with E-state index in [4.69, 9.17) is 9.47 Å². The summed E-state index contributed by atoms with van der Waals surface area (Å²) in [6.45, 7) is 13.0. The van der Waals surface area contributed by atoms with Gasteiger partial charge >= 0.3 is 0 Å². The predicted octanol–water partition coefficient (Wildman–Crippen LogP) is 3.64. The zero-order valence-corrected chi connectivity index (χ0v) is 11.6. The number of ether oxygens (including phenoxy) is 2. The molecule has 0 aromatic heterocycles. The zero-order chi connectivity index (χ0) is 12.2. The summed E-state index contributed by atoms with van der Waals surface area (Å²) in [5.74, 6) is 0.619. The number of rotatable bonds is 6. The molecule has 1 saturated heterocycles. The van der Waals surface area contributed by atoms with Crippen molar-refractivity contribution in [2.75, 3.05) is 13.2 Å². The van der Waals surface area contributed by atoms with Crippen LogP contribution in [0.3, 0.4) is 0 Å². The van der Waals surface area contributed by atoms with Gasteiger partial charge in [-0.1, -0.05) is 27.7 Å². The van der Waals surface area contributed by atoms with Crippen LogP contribution in [0.5, 0.6) is 0 Å². The second-order valence-electron chi connectivity index (χ2n) is 6.23. The second kappa shape index (κ2) is 6.02. The van der Waals surface area contributed by atoms with Gasteiger partial charge in [-0.3, -0.25) is 0 Å². The van der Waals surface area contributed by atoms with Crippen molar-refractivity contribution in [3.63, 3.8) is 0 Å². The van der Waals surface area contributed by atoms with E-state index in [2.05, 4.69) is 34.6 Å². The summed E-state index contributed by atoms with van der Waals surface area (Å²) in [5, 5.41) is 0. The van der Waals surface area contributed by atoms with Crippen LogP contribution >= 0.6 is 0 Å². The summed E-state index contributed by atoms with van der Waals surface area (Å²) >= 11 is 0. The quantitative estimate of drug-likeness (QED) is 0.691. The van der Waals surface area contributed by atoms with Crippen molar-refractivity contribution in [3.8, 4) is 0 Å². The van der Waals surface area contributed by atoms with E-state index in [1.54, 1.807) is 0 Å². The Kier molecular flexibility index (Phi) is 5.26. The van der Waals surface area contributed by atoms with E-state index in [9.17, 15) is 0 Å². The minimum Gasteiger partial charge on any atom is -0.378 e. The molecule has 2 nitrogen and oxygen atoms in total. The molecule has 1 aliphatic rings. The fourth-order valence-corrected chi connectivity index (χ4v) is 2.48. The molecule has 0 radical (unpaired) electrons. The molecule has 1 rings (SSSR count). The van der Waals surface area contributed by atoms with Crippen molar-refractivity contribution in [1.82, 2.24) is 0 Å². The van der Waals surface area contributed by atoms with Crippen LogP contribution in [0.1, 0.15) is 53.9 Å². The van der Waals surface area contributed by atoms with Gasteiger partial charge in [0.1, 0.15) is 0 Å². The molecule has 0 N–H and O–H groups in total. The Morgan fingerprint density at radius 1 is 1.31 bits per heavy atom. The van der Waals surface area contributed by atoms with Crippen LogP contribution in [0, 0.1) is 11.3 Å². The lowest BCUT2D eigenvalue weighted by Crippen LogP contribution is -2.33. The van der Waals surface area contributed by atoms with E-state index in [1.165, 1.54) is 12.8 Å². The van der Waals surface area contributed by atoms with Crippen molar-refractivity contribution in [2.24, 2.45) is 11.3 Å². The van der Waals surface area contributed by atoms with Crippen LogP contribution in [-0.2, 0) is 9.47 Å². The molecule has 0 aromatic carbocycles. The molecule has 2 heteroatoms. The van der Waals surface area contributed by atoms with Gasteiger partial charge in [0, 0.05) is 13.2 Å². The van der Waals surface area contributed by atoms with Crippen molar-refractivity contribution in [3.05, 3.63) is 0 Å². The Balaban J connectivity index is 2.32. The van der Waals surface area contributed by atoms with Gasteiger partial charge in [-0.2, -0.15) is 0 Å². The van der Waals surface area contributed by atoms with E-state index in [0.29, 0.717) is 18.1 Å². The Hall–Kier alpha value is -0.0800. The van der Waals surface area contributed by atoms with E-state index >= 15 is 0 Å². The van der Waals surface area contributed by atoms with Crippen LogP contribution in [0.15, 0.2) is 0 Å². The summed E-state index contributed by atoms with van der Waals surface area (Å²) in [4.78, 5) is 0. The van der Waals surface area contributed by atoms with Gasteiger partial charge in [-0.25, -0.2) is 0 Å². The Morgan fingerprint density at radius 2 is 2.00 bits per heavy atom. The monoisotopic (exact) mass is 228 g/mol. The molecule has 0 bridgehead atoms. The molecule has 2 atom stereocenters. The van der Waals surface area contributed by atoms with Crippen LogP contribution < -0.4 is 0 Å². The molecule has 96 valence electrons. The highest BCUT2D eigenvalue weighted by Crippen LogP contribution is 2.35. The van der Waals surface area contributed by atoms with Crippen LogP contribution in [-0.4, -0.2) is 25.4 Å². The highest BCUT2D eigenvalue weighted by atomic mass is 16.5. The molecule has 0 spiro atoms. The van der Waals surface area contributed by atoms with Crippen molar-refractivity contribution in [1.29, 1.82) is 0 Å². The topological polar surface area (TPSA) is 18.5 Å². The van der Waals surface area contributed by atoms with Crippen LogP contribution in [0.4, 0.5) is 0 Å². The zero-order valence-electron chi connectivity index (χ0n) is 11.6. The molecule has 1 aliphatic heterocycles. The maximum atomic E-state index is 5.84. The molecule has 0 amide bonds. The van der Waals surface area contributed by atoms with Gasteiger partial charge in [0.25, 0.3) is 0 Å². The van der Waals surface area contributed by atoms with Gasteiger partial charge < -0.3 is 9.47 Å². The maximum absolute atomic E-state index is 5.84. The first-order valence-corrected chi connectivity index (χ1v) is 6.65. The Labute approximate surface area is 101 Å². The van der Waals surface area contributed by atoms with Gasteiger partial charge in [-0.05, 0) is 37.5 Å². The standard InChI is InChI=1S/C14H28O2/c1-11(2)10-16-12(3)9-14(4,5)13-7-6-8-15-13/h11-13H,6-10H2,1-5H3. The lowest BCUT2D eigenvalue weighted by molar-refractivity contribution is -0.0328. The normalized spacial score (nSPS) is 24.0. The molecule has 0 aromatic rings. The molecular formula is C14H28O2. The highest BCUT2D eigenvalue weighted by molar-refractivity contribution is 4.83. The Bertz CT molecular complexity index is 193. The van der Waals surface area contributed by atoms with Crippen molar-refractivity contribution in [2.45, 2.75) is 66.1 Å². The maximum Gasteiger partial charge on any atom is 0.0627 e. The number of hydrogen-bond acceptors (Lipinski definition) is 2. The van der Waals surface area contributed by atoms with E-state index in [-0.39, 0.29) is 5.41 Å². The fraction of sp³-hybridized carbons (Fsp3) is 1.00. The summed E-state index contributed by atoms with van der Waals surface area (Å²) < 4.78 is 11.6. The molecule has 0 aliphatic carbocycles. The fourth-order valence-electron chi connectivity index (χ4n) is 2.48. The first kappa shape index (κ1) is 14.0. The van der Waals surface area contributed by atoms with Gasteiger partial charge in [-0.15, -0.1) is 0 Å². The highest BCUT2D eigenvalue weighted by Gasteiger charge is 2.34.